The highest BCUT2D eigenvalue weighted by molar-refractivity contribution is 6.00. The van der Waals surface area contributed by atoms with Gasteiger partial charge < -0.3 is 20.3 Å². The third kappa shape index (κ3) is 5.81. The van der Waals surface area contributed by atoms with Crippen LogP contribution in [0.25, 0.3) is 0 Å². The van der Waals surface area contributed by atoms with E-state index in [1.54, 1.807) is 41.3 Å². The maximum Gasteiger partial charge on any atom is 0.262 e. The van der Waals surface area contributed by atoms with E-state index < -0.39 is 5.92 Å². The number of carbonyl (C=O) groups excluding carboxylic acids is 3. The SMILES string of the molecule is Cc1ccccc1CNC(=O)[C@@H]1CC(=O)N(c2ccc(OCC(=O)Nc3ccccc3)cc2)C1. The lowest BCUT2D eigenvalue weighted by atomic mass is 10.1. The van der Waals surface area contributed by atoms with E-state index in [0.717, 1.165) is 11.1 Å². The molecular weight excluding hydrogens is 430 g/mol. The minimum Gasteiger partial charge on any atom is -0.484 e. The summed E-state index contributed by atoms with van der Waals surface area (Å²) in [7, 11) is 0. The third-order valence-corrected chi connectivity index (χ3v) is 5.79. The Balaban J connectivity index is 1.27. The fourth-order valence-electron chi connectivity index (χ4n) is 3.86. The molecule has 0 bridgehead atoms. The first-order chi connectivity index (χ1) is 16.5. The number of carbonyl (C=O) groups is 3. The highest BCUT2D eigenvalue weighted by Gasteiger charge is 2.35. The monoisotopic (exact) mass is 457 g/mol. The average molecular weight is 458 g/mol. The number of hydrogen-bond acceptors (Lipinski definition) is 4. The zero-order valence-electron chi connectivity index (χ0n) is 19.0. The van der Waals surface area contributed by atoms with Gasteiger partial charge in [-0.15, -0.1) is 0 Å². The van der Waals surface area contributed by atoms with Gasteiger partial charge in [-0.05, 0) is 54.4 Å². The van der Waals surface area contributed by atoms with Gasteiger partial charge in [0.15, 0.2) is 6.61 Å². The lowest BCUT2D eigenvalue weighted by Crippen LogP contribution is -2.32. The number of nitrogens with zero attached hydrogens (tertiary/aromatic N) is 1. The van der Waals surface area contributed by atoms with Crippen LogP contribution in [-0.2, 0) is 20.9 Å². The fraction of sp³-hybridized carbons (Fsp3) is 0.222. The van der Waals surface area contributed by atoms with Gasteiger partial charge in [0.1, 0.15) is 5.75 Å². The number of rotatable bonds is 8. The Morgan fingerprint density at radius 3 is 2.41 bits per heavy atom. The van der Waals surface area contributed by atoms with Gasteiger partial charge in [0.2, 0.25) is 11.8 Å². The minimum atomic E-state index is -0.394. The zero-order chi connectivity index (χ0) is 23.9. The fourth-order valence-corrected chi connectivity index (χ4v) is 3.86. The molecule has 4 rings (SSSR count). The number of benzene rings is 3. The number of aryl methyl sites for hydroxylation is 1. The van der Waals surface area contributed by atoms with Gasteiger partial charge in [-0.1, -0.05) is 42.5 Å². The Hall–Kier alpha value is -4.13. The van der Waals surface area contributed by atoms with Crippen LogP contribution in [0.4, 0.5) is 11.4 Å². The minimum absolute atomic E-state index is 0.0908. The first-order valence-electron chi connectivity index (χ1n) is 11.2. The van der Waals surface area contributed by atoms with Crippen LogP contribution in [0.2, 0.25) is 0 Å². The number of anilines is 2. The maximum atomic E-state index is 12.6. The summed E-state index contributed by atoms with van der Waals surface area (Å²) in [6.45, 7) is 2.66. The van der Waals surface area contributed by atoms with E-state index in [1.807, 2.05) is 49.4 Å². The van der Waals surface area contributed by atoms with Crippen molar-refractivity contribution >= 4 is 29.1 Å². The van der Waals surface area contributed by atoms with Gasteiger partial charge in [0.05, 0.1) is 5.92 Å². The van der Waals surface area contributed by atoms with E-state index in [1.165, 1.54) is 0 Å². The van der Waals surface area contributed by atoms with Crippen molar-refractivity contribution in [1.82, 2.24) is 5.32 Å². The van der Waals surface area contributed by atoms with Crippen LogP contribution in [0, 0.1) is 12.8 Å². The molecular formula is C27H27N3O4. The van der Waals surface area contributed by atoms with Crippen molar-refractivity contribution in [1.29, 1.82) is 0 Å². The van der Waals surface area contributed by atoms with E-state index >= 15 is 0 Å². The molecule has 0 radical (unpaired) electrons. The number of hydrogen-bond donors (Lipinski definition) is 2. The quantitative estimate of drug-likeness (QED) is 0.540. The van der Waals surface area contributed by atoms with Crippen molar-refractivity contribution in [2.24, 2.45) is 5.92 Å². The number of amides is 3. The molecule has 1 fully saturated rings. The molecule has 7 heteroatoms. The normalized spacial score (nSPS) is 15.1. The molecule has 1 heterocycles. The number of nitrogens with one attached hydrogen (secondary N) is 2. The van der Waals surface area contributed by atoms with Gasteiger partial charge in [0.25, 0.3) is 5.91 Å². The van der Waals surface area contributed by atoms with Crippen molar-refractivity contribution in [3.8, 4) is 5.75 Å². The van der Waals surface area contributed by atoms with E-state index in [4.69, 9.17) is 4.74 Å². The molecule has 2 N–H and O–H groups in total. The van der Waals surface area contributed by atoms with E-state index in [9.17, 15) is 14.4 Å². The molecule has 0 unspecified atom stereocenters. The second-order valence-electron chi connectivity index (χ2n) is 8.25. The summed E-state index contributed by atoms with van der Waals surface area (Å²) < 4.78 is 5.55. The van der Waals surface area contributed by atoms with Crippen LogP contribution in [0.5, 0.6) is 5.75 Å². The lowest BCUT2D eigenvalue weighted by molar-refractivity contribution is -0.126. The molecule has 0 aliphatic carbocycles. The van der Waals surface area contributed by atoms with Gasteiger partial charge in [-0.3, -0.25) is 14.4 Å². The molecule has 174 valence electrons. The molecule has 0 aromatic heterocycles. The zero-order valence-corrected chi connectivity index (χ0v) is 19.0. The van der Waals surface area contributed by atoms with Crippen LogP contribution in [-0.4, -0.2) is 30.9 Å². The molecule has 1 atom stereocenters. The van der Waals surface area contributed by atoms with Crippen molar-refractivity contribution in [2.75, 3.05) is 23.4 Å². The van der Waals surface area contributed by atoms with Crippen LogP contribution in [0.3, 0.4) is 0 Å². The van der Waals surface area contributed by atoms with Crippen LogP contribution < -0.4 is 20.3 Å². The first-order valence-corrected chi connectivity index (χ1v) is 11.2. The Morgan fingerprint density at radius 1 is 0.971 bits per heavy atom. The smallest absolute Gasteiger partial charge is 0.262 e. The Labute approximate surface area is 198 Å². The van der Waals surface area contributed by atoms with Crippen molar-refractivity contribution in [3.63, 3.8) is 0 Å². The van der Waals surface area contributed by atoms with Crippen LogP contribution >= 0.6 is 0 Å². The second kappa shape index (κ2) is 10.7. The molecule has 3 amide bonds. The Bertz CT molecular complexity index is 1160. The summed E-state index contributed by atoms with van der Waals surface area (Å²) in [6.07, 6.45) is 0.178. The Kier molecular flexibility index (Phi) is 7.22. The molecule has 1 saturated heterocycles. The van der Waals surface area contributed by atoms with Crippen LogP contribution in [0.1, 0.15) is 17.5 Å². The molecule has 7 nitrogen and oxygen atoms in total. The summed E-state index contributed by atoms with van der Waals surface area (Å²) in [5, 5.41) is 5.71. The predicted molar refractivity (Wildman–Crippen MR) is 130 cm³/mol. The topological polar surface area (TPSA) is 87.7 Å². The largest absolute Gasteiger partial charge is 0.484 e. The molecule has 1 aliphatic rings. The van der Waals surface area contributed by atoms with Crippen molar-refractivity contribution < 1.29 is 19.1 Å². The molecule has 34 heavy (non-hydrogen) atoms. The molecule has 1 aliphatic heterocycles. The summed E-state index contributed by atoms with van der Waals surface area (Å²) in [6, 6.07) is 24.0. The van der Waals surface area contributed by atoms with Crippen molar-refractivity contribution in [3.05, 3.63) is 90.0 Å². The van der Waals surface area contributed by atoms with Gasteiger partial charge in [-0.25, -0.2) is 0 Å². The van der Waals surface area contributed by atoms with Crippen LogP contribution in [0.15, 0.2) is 78.9 Å². The Morgan fingerprint density at radius 2 is 1.68 bits per heavy atom. The van der Waals surface area contributed by atoms with E-state index in [0.29, 0.717) is 30.2 Å². The molecule has 0 saturated carbocycles. The van der Waals surface area contributed by atoms with Gasteiger partial charge in [0, 0.05) is 30.9 Å². The maximum absolute atomic E-state index is 12.6. The molecule has 3 aromatic carbocycles. The lowest BCUT2D eigenvalue weighted by Gasteiger charge is -2.17. The summed E-state index contributed by atoms with van der Waals surface area (Å²) >= 11 is 0. The predicted octanol–water partition coefficient (Wildman–Crippen LogP) is 3.68. The van der Waals surface area contributed by atoms with Gasteiger partial charge in [-0.2, -0.15) is 0 Å². The average Bonchev–Trinajstić information content (AvgIpc) is 3.24. The van der Waals surface area contributed by atoms with E-state index in [2.05, 4.69) is 10.6 Å². The summed E-state index contributed by atoms with van der Waals surface area (Å²) in [4.78, 5) is 38.8. The van der Waals surface area contributed by atoms with Crippen molar-refractivity contribution in [2.45, 2.75) is 19.9 Å². The second-order valence-corrected chi connectivity index (χ2v) is 8.25. The number of ether oxygens (including phenoxy) is 1. The number of para-hydroxylation sites is 1. The highest BCUT2D eigenvalue weighted by Crippen LogP contribution is 2.27. The molecule has 3 aromatic rings. The standard InChI is InChI=1S/C27H27N3O4/c1-19-7-5-6-8-20(19)16-28-27(33)21-15-26(32)30(17-21)23-11-13-24(14-12-23)34-18-25(31)29-22-9-3-2-4-10-22/h2-14,21H,15-18H2,1H3,(H,28,33)(H,29,31)/t21-/m1/s1. The summed E-state index contributed by atoms with van der Waals surface area (Å²) in [5.74, 6) is -0.347. The van der Waals surface area contributed by atoms with Gasteiger partial charge >= 0.3 is 0 Å². The first kappa shape index (κ1) is 23.0. The summed E-state index contributed by atoms with van der Waals surface area (Å²) in [5.41, 5.74) is 3.58. The third-order valence-electron chi connectivity index (χ3n) is 5.79. The van der Waals surface area contributed by atoms with E-state index in [-0.39, 0.29) is 30.7 Å². The molecule has 0 spiro atoms. The highest BCUT2D eigenvalue weighted by atomic mass is 16.5.